The number of carbonyl (C=O) groups excluding carboxylic acids is 1. The Morgan fingerprint density at radius 1 is 1.26 bits per heavy atom. The summed E-state index contributed by atoms with van der Waals surface area (Å²) in [5.41, 5.74) is 7.74. The molecule has 1 heterocycles. The number of ether oxygens (including phenoxy) is 2. The molecule has 0 saturated heterocycles. The van der Waals surface area contributed by atoms with Gasteiger partial charge in [-0.2, -0.15) is 5.26 Å². The number of rotatable bonds is 4. The maximum absolute atomic E-state index is 13.7. The van der Waals surface area contributed by atoms with E-state index in [0.717, 1.165) is 5.56 Å². The molecule has 6 heteroatoms. The highest BCUT2D eigenvalue weighted by molar-refractivity contribution is 5.88. The molecule has 1 aliphatic heterocycles. The number of nitriles is 1. The first-order valence-corrected chi connectivity index (χ1v) is 8.26. The molecule has 5 nitrogen and oxygen atoms in total. The minimum atomic E-state index is -0.697. The van der Waals surface area contributed by atoms with E-state index in [2.05, 4.69) is 0 Å². The second-order valence-corrected chi connectivity index (χ2v) is 6.05. The van der Waals surface area contributed by atoms with Crippen molar-refractivity contribution in [3.63, 3.8) is 0 Å². The van der Waals surface area contributed by atoms with Crippen LogP contribution in [0.4, 0.5) is 4.39 Å². The van der Waals surface area contributed by atoms with Gasteiger partial charge in [-0.25, -0.2) is 9.18 Å². The summed E-state index contributed by atoms with van der Waals surface area (Å²) in [6, 6.07) is 17.0. The SMILES string of the molecule is CC1=C(C(=O)OCc2ccccc2)OC(N)=C(C#N)C1c1cccc(F)c1. The number of nitrogens with two attached hydrogens (primary N) is 1. The van der Waals surface area contributed by atoms with Crippen molar-refractivity contribution >= 4 is 5.97 Å². The summed E-state index contributed by atoms with van der Waals surface area (Å²) < 4.78 is 24.4. The van der Waals surface area contributed by atoms with Crippen LogP contribution in [0.3, 0.4) is 0 Å². The number of halogens is 1. The number of esters is 1. The minimum Gasteiger partial charge on any atom is -0.455 e. The van der Waals surface area contributed by atoms with E-state index in [-0.39, 0.29) is 23.8 Å². The first kappa shape index (κ1) is 18.2. The second kappa shape index (κ2) is 7.75. The van der Waals surface area contributed by atoms with Gasteiger partial charge in [-0.3, -0.25) is 0 Å². The van der Waals surface area contributed by atoms with E-state index in [1.54, 1.807) is 13.0 Å². The Morgan fingerprint density at radius 3 is 2.67 bits per heavy atom. The van der Waals surface area contributed by atoms with Gasteiger partial charge in [-0.1, -0.05) is 42.5 Å². The molecule has 0 bridgehead atoms. The van der Waals surface area contributed by atoms with Gasteiger partial charge in [0.15, 0.2) is 0 Å². The zero-order valence-corrected chi connectivity index (χ0v) is 14.6. The monoisotopic (exact) mass is 364 g/mol. The van der Waals surface area contributed by atoms with Crippen molar-refractivity contribution in [1.82, 2.24) is 0 Å². The highest BCUT2D eigenvalue weighted by Gasteiger charge is 2.34. The van der Waals surface area contributed by atoms with Crippen LogP contribution in [0.15, 0.2) is 77.4 Å². The van der Waals surface area contributed by atoms with Gasteiger partial charge in [0.25, 0.3) is 0 Å². The van der Waals surface area contributed by atoms with E-state index >= 15 is 0 Å². The van der Waals surface area contributed by atoms with Crippen LogP contribution in [0.25, 0.3) is 0 Å². The van der Waals surface area contributed by atoms with Crippen LogP contribution in [-0.2, 0) is 20.9 Å². The normalized spacial score (nSPS) is 16.6. The zero-order chi connectivity index (χ0) is 19.4. The molecule has 0 spiro atoms. The molecule has 0 fully saturated rings. The first-order valence-electron chi connectivity index (χ1n) is 8.26. The first-order chi connectivity index (χ1) is 13.0. The van der Waals surface area contributed by atoms with Gasteiger partial charge in [-0.15, -0.1) is 0 Å². The van der Waals surface area contributed by atoms with E-state index in [9.17, 15) is 14.4 Å². The molecule has 0 aromatic heterocycles. The third kappa shape index (κ3) is 3.82. The maximum Gasteiger partial charge on any atom is 0.374 e. The largest absolute Gasteiger partial charge is 0.455 e. The van der Waals surface area contributed by atoms with Crippen molar-refractivity contribution < 1.29 is 18.7 Å². The van der Waals surface area contributed by atoms with Gasteiger partial charge < -0.3 is 15.2 Å². The van der Waals surface area contributed by atoms with Gasteiger partial charge in [0.2, 0.25) is 11.6 Å². The predicted molar refractivity (Wildman–Crippen MR) is 96.0 cm³/mol. The number of hydrogen-bond acceptors (Lipinski definition) is 5. The topological polar surface area (TPSA) is 85.3 Å². The van der Waals surface area contributed by atoms with E-state index in [4.69, 9.17) is 15.2 Å². The average molecular weight is 364 g/mol. The van der Waals surface area contributed by atoms with E-state index in [1.165, 1.54) is 18.2 Å². The lowest BCUT2D eigenvalue weighted by molar-refractivity contribution is -0.144. The van der Waals surface area contributed by atoms with Crippen molar-refractivity contribution in [3.8, 4) is 6.07 Å². The van der Waals surface area contributed by atoms with Crippen molar-refractivity contribution in [2.24, 2.45) is 5.73 Å². The van der Waals surface area contributed by atoms with Crippen molar-refractivity contribution in [2.75, 3.05) is 0 Å². The third-order valence-electron chi connectivity index (χ3n) is 4.26. The predicted octanol–water partition coefficient (Wildman–Crippen LogP) is 3.65. The Morgan fingerprint density at radius 2 is 2.00 bits per heavy atom. The molecule has 27 heavy (non-hydrogen) atoms. The summed E-state index contributed by atoms with van der Waals surface area (Å²) in [6.07, 6.45) is 0. The Bertz CT molecular complexity index is 974. The van der Waals surface area contributed by atoms with E-state index in [1.807, 2.05) is 36.4 Å². The highest BCUT2D eigenvalue weighted by atomic mass is 19.1. The van der Waals surface area contributed by atoms with Crippen molar-refractivity contribution in [3.05, 3.63) is 94.3 Å². The fourth-order valence-electron chi connectivity index (χ4n) is 2.95. The van der Waals surface area contributed by atoms with Gasteiger partial charge in [0, 0.05) is 5.92 Å². The maximum atomic E-state index is 13.7. The number of benzene rings is 2. The standard InChI is InChI=1S/C21H17FN2O3/c1-13-18(15-8-5-9-16(22)10-15)17(11-23)20(24)27-19(13)21(25)26-12-14-6-3-2-4-7-14/h2-10,18H,12,24H2,1H3. The van der Waals surface area contributed by atoms with Crippen LogP contribution in [0.1, 0.15) is 24.0 Å². The van der Waals surface area contributed by atoms with Gasteiger partial charge in [0.1, 0.15) is 24.1 Å². The summed E-state index contributed by atoms with van der Waals surface area (Å²) in [5.74, 6) is -2.10. The van der Waals surface area contributed by atoms with Crippen LogP contribution in [0, 0.1) is 17.1 Å². The Balaban J connectivity index is 1.91. The lowest BCUT2D eigenvalue weighted by Gasteiger charge is -2.26. The minimum absolute atomic E-state index is 0.0686. The Hall–Kier alpha value is -3.59. The smallest absolute Gasteiger partial charge is 0.374 e. The molecule has 1 aliphatic rings. The fraction of sp³-hybridized carbons (Fsp3) is 0.143. The van der Waals surface area contributed by atoms with Crippen LogP contribution in [0.2, 0.25) is 0 Å². The summed E-state index contributed by atoms with van der Waals surface area (Å²) in [6.45, 7) is 1.71. The molecule has 0 saturated carbocycles. The Labute approximate surface area is 156 Å². The van der Waals surface area contributed by atoms with Crippen LogP contribution < -0.4 is 5.73 Å². The molecule has 2 aromatic rings. The fourth-order valence-corrected chi connectivity index (χ4v) is 2.95. The Kier molecular flexibility index (Phi) is 5.23. The summed E-state index contributed by atoms with van der Waals surface area (Å²) in [4.78, 5) is 12.5. The molecule has 136 valence electrons. The molecule has 0 aliphatic carbocycles. The highest BCUT2D eigenvalue weighted by Crippen LogP contribution is 2.39. The molecule has 3 rings (SSSR count). The lowest BCUT2D eigenvalue weighted by Crippen LogP contribution is -2.24. The van der Waals surface area contributed by atoms with Crippen molar-refractivity contribution in [1.29, 1.82) is 5.26 Å². The molecule has 1 atom stereocenters. The van der Waals surface area contributed by atoms with Crippen LogP contribution >= 0.6 is 0 Å². The molecular weight excluding hydrogens is 347 g/mol. The third-order valence-corrected chi connectivity index (χ3v) is 4.26. The molecule has 1 unspecified atom stereocenters. The van der Waals surface area contributed by atoms with Crippen LogP contribution in [-0.4, -0.2) is 5.97 Å². The number of nitrogens with zero attached hydrogens (tertiary/aromatic N) is 1. The van der Waals surface area contributed by atoms with Gasteiger partial charge in [0.05, 0.1) is 0 Å². The number of carbonyl (C=O) groups is 1. The lowest BCUT2D eigenvalue weighted by atomic mass is 9.84. The quantitative estimate of drug-likeness (QED) is 0.837. The molecule has 0 amide bonds. The van der Waals surface area contributed by atoms with E-state index in [0.29, 0.717) is 11.1 Å². The second-order valence-electron chi connectivity index (χ2n) is 6.05. The molecule has 0 radical (unpaired) electrons. The van der Waals surface area contributed by atoms with Gasteiger partial charge in [-0.05, 0) is 35.8 Å². The molecule has 2 N–H and O–H groups in total. The van der Waals surface area contributed by atoms with Gasteiger partial charge >= 0.3 is 5.97 Å². The van der Waals surface area contributed by atoms with Crippen LogP contribution in [0.5, 0.6) is 0 Å². The summed E-state index contributed by atoms with van der Waals surface area (Å²) in [5, 5.41) is 9.46. The number of hydrogen-bond donors (Lipinski definition) is 1. The average Bonchev–Trinajstić information content (AvgIpc) is 2.68. The molecule has 2 aromatic carbocycles. The summed E-state index contributed by atoms with van der Waals surface area (Å²) in [7, 11) is 0. The zero-order valence-electron chi connectivity index (χ0n) is 14.6. The summed E-state index contributed by atoms with van der Waals surface area (Å²) >= 11 is 0. The number of allylic oxidation sites excluding steroid dienone is 2. The van der Waals surface area contributed by atoms with Crippen molar-refractivity contribution in [2.45, 2.75) is 19.4 Å². The molecular formula is C21H17FN2O3. The van der Waals surface area contributed by atoms with E-state index < -0.39 is 17.7 Å².